The summed E-state index contributed by atoms with van der Waals surface area (Å²) in [6, 6.07) is 0. The lowest BCUT2D eigenvalue weighted by Crippen LogP contribution is -2.42. The van der Waals surface area contributed by atoms with Crippen LogP contribution in [0, 0.1) is 5.41 Å². The van der Waals surface area contributed by atoms with Gasteiger partial charge in [0.2, 0.25) is 0 Å². The van der Waals surface area contributed by atoms with Gasteiger partial charge in [0, 0.05) is 24.0 Å². The number of alkyl halides is 1. The summed E-state index contributed by atoms with van der Waals surface area (Å²) >= 11 is 3.55. The maximum absolute atomic E-state index is 5.64. The minimum absolute atomic E-state index is 0.304. The predicted octanol–water partition coefficient (Wildman–Crippen LogP) is 1.58. The molecule has 2 aliphatic rings. The van der Waals surface area contributed by atoms with Crippen molar-refractivity contribution in [2.45, 2.75) is 18.9 Å². The van der Waals surface area contributed by atoms with Crippen molar-refractivity contribution in [2.75, 3.05) is 25.2 Å². The first-order valence-corrected chi connectivity index (χ1v) is 5.25. The molecule has 0 bridgehead atoms. The first-order chi connectivity index (χ1) is 5.37. The van der Waals surface area contributed by atoms with E-state index < -0.39 is 0 Å². The van der Waals surface area contributed by atoms with Crippen LogP contribution in [0.2, 0.25) is 0 Å². The molecule has 0 aromatic carbocycles. The fraction of sp³-hybridized carbons (Fsp3) is 1.00. The van der Waals surface area contributed by atoms with Crippen LogP contribution in [0.5, 0.6) is 0 Å². The van der Waals surface area contributed by atoms with E-state index in [1.165, 1.54) is 0 Å². The fourth-order valence-electron chi connectivity index (χ4n) is 1.95. The molecule has 2 saturated heterocycles. The van der Waals surface area contributed by atoms with E-state index in [0.717, 1.165) is 38.0 Å². The number of halogens is 1. The third-order valence-electron chi connectivity index (χ3n) is 2.78. The SMILES string of the molecule is BrC[C@@]12CCO[C@@H]1CCOC2. The summed E-state index contributed by atoms with van der Waals surface area (Å²) < 4.78 is 11.1. The molecule has 64 valence electrons. The fourth-order valence-corrected chi connectivity index (χ4v) is 2.76. The van der Waals surface area contributed by atoms with Gasteiger partial charge in [-0.15, -0.1) is 0 Å². The highest BCUT2D eigenvalue weighted by atomic mass is 79.9. The van der Waals surface area contributed by atoms with E-state index in [0.29, 0.717) is 11.5 Å². The van der Waals surface area contributed by atoms with E-state index in [9.17, 15) is 0 Å². The van der Waals surface area contributed by atoms with Gasteiger partial charge in [-0.05, 0) is 12.8 Å². The molecule has 0 amide bonds. The lowest BCUT2D eigenvalue weighted by atomic mass is 9.81. The molecule has 11 heavy (non-hydrogen) atoms. The molecule has 2 fully saturated rings. The maximum atomic E-state index is 5.64. The summed E-state index contributed by atoms with van der Waals surface area (Å²) in [5, 5.41) is 1.02. The first-order valence-electron chi connectivity index (χ1n) is 4.13. The number of ether oxygens (including phenoxy) is 2. The van der Waals surface area contributed by atoms with Crippen molar-refractivity contribution < 1.29 is 9.47 Å². The van der Waals surface area contributed by atoms with Crippen molar-refractivity contribution in [3.05, 3.63) is 0 Å². The number of hydrogen-bond donors (Lipinski definition) is 0. The van der Waals surface area contributed by atoms with Crippen LogP contribution >= 0.6 is 15.9 Å². The van der Waals surface area contributed by atoms with Gasteiger partial charge in [-0.3, -0.25) is 0 Å². The molecule has 0 radical (unpaired) electrons. The second-order valence-electron chi connectivity index (χ2n) is 3.45. The predicted molar refractivity (Wildman–Crippen MR) is 46.0 cm³/mol. The zero-order valence-electron chi connectivity index (χ0n) is 6.51. The van der Waals surface area contributed by atoms with Crippen LogP contribution < -0.4 is 0 Å². The third-order valence-corrected chi connectivity index (χ3v) is 3.90. The van der Waals surface area contributed by atoms with Gasteiger partial charge in [-0.1, -0.05) is 15.9 Å². The van der Waals surface area contributed by atoms with Crippen molar-refractivity contribution in [1.29, 1.82) is 0 Å². The maximum Gasteiger partial charge on any atom is 0.0684 e. The largest absolute Gasteiger partial charge is 0.381 e. The molecule has 0 aliphatic carbocycles. The Morgan fingerprint density at radius 3 is 3.09 bits per heavy atom. The Bertz CT molecular complexity index is 151. The topological polar surface area (TPSA) is 18.5 Å². The van der Waals surface area contributed by atoms with Crippen molar-refractivity contribution in [3.8, 4) is 0 Å². The molecular weight excluding hydrogens is 208 g/mol. The van der Waals surface area contributed by atoms with Crippen LogP contribution in [0.25, 0.3) is 0 Å². The molecule has 2 rings (SSSR count). The van der Waals surface area contributed by atoms with Crippen LogP contribution in [0.4, 0.5) is 0 Å². The standard InChI is InChI=1S/C8H13BrO2/c9-5-8-2-4-11-7(8)1-3-10-6-8/h7H,1-6H2/t7-,8-/m1/s1. The van der Waals surface area contributed by atoms with Crippen molar-refractivity contribution in [1.82, 2.24) is 0 Å². The molecule has 0 N–H and O–H groups in total. The lowest BCUT2D eigenvalue weighted by molar-refractivity contribution is -0.0613. The lowest BCUT2D eigenvalue weighted by Gasteiger charge is -2.36. The molecule has 2 heterocycles. The average Bonchev–Trinajstić information content (AvgIpc) is 2.48. The molecule has 3 heteroatoms. The Kier molecular flexibility index (Phi) is 2.21. The van der Waals surface area contributed by atoms with Crippen LogP contribution in [-0.4, -0.2) is 31.3 Å². The quantitative estimate of drug-likeness (QED) is 0.626. The summed E-state index contributed by atoms with van der Waals surface area (Å²) in [6.07, 6.45) is 2.68. The molecule has 0 spiro atoms. The van der Waals surface area contributed by atoms with Crippen molar-refractivity contribution >= 4 is 15.9 Å². The van der Waals surface area contributed by atoms with Crippen LogP contribution in [0.1, 0.15) is 12.8 Å². The van der Waals surface area contributed by atoms with Crippen molar-refractivity contribution in [2.24, 2.45) is 5.41 Å². The van der Waals surface area contributed by atoms with Gasteiger partial charge in [0.1, 0.15) is 0 Å². The molecule has 0 saturated carbocycles. The van der Waals surface area contributed by atoms with E-state index in [-0.39, 0.29) is 0 Å². The Hall–Kier alpha value is 0.400. The molecule has 0 aromatic heterocycles. The van der Waals surface area contributed by atoms with Crippen LogP contribution in [0.15, 0.2) is 0 Å². The monoisotopic (exact) mass is 220 g/mol. The molecule has 2 atom stereocenters. The van der Waals surface area contributed by atoms with Gasteiger partial charge in [0.25, 0.3) is 0 Å². The van der Waals surface area contributed by atoms with Crippen LogP contribution in [0.3, 0.4) is 0 Å². The minimum Gasteiger partial charge on any atom is -0.381 e. The summed E-state index contributed by atoms with van der Waals surface area (Å²) in [7, 11) is 0. The van der Waals surface area contributed by atoms with Crippen molar-refractivity contribution in [3.63, 3.8) is 0 Å². The van der Waals surface area contributed by atoms with E-state index >= 15 is 0 Å². The van der Waals surface area contributed by atoms with Gasteiger partial charge in [0.15, 0.2) is 0 Å². The van der Waals surface area contributed by atoms with E-state index in [1.54, 1.807) is 0 Å². The Balaban J connectivity index is 2.12. The Labute approximate surface area is 75.4 Å². The Morgan fingerprint density at radius 1 is 1.45 bits per heavy atom. The smallest absolute Gasteiger partial charge is 0.0684 e. The van der Waals surface area contributed by atoms with Gasteiger partial charge < -0.3 is 9.47 Å². The first kappa shape index (κ1) is 8.02. The van der Waals surface area contributed by atoms with Gasteiger partial charge in [-0.2, -0.15) is 0 Å². The van der Waals surface area contributed by atoms with Gasteiger partial charge >= 0.3 is 0 Å². The molecular formula is C8H13BrO2. The number of hydrogen-bond acceptors (Lipinski definition) is 2. The highest BCUT2D eigenvalue weighted by molar-refractivity contribution is 9.09. The normalized spacial score (nSPS) is 43.9. The van der Waals surface area contributed by atoms with E-state index in [1.807, 2.05) is 0 Å². The Morgan fingerprint density at radius 2 is 2.36 bits per heavy atom. The van der Waals surface area contributed by atoms with Crippen LogP contribution in [-0.2, 0) is 9.47 Å². The number of rotatable bonds is 1. The van der Waals surface area contributed by atoms with E-state index in [2.05, 4.69) is 15.9 Å². The third kappa shape index (κ3) is 1.23. The summed E-state index contributed by atoms with van der Waals surface area (Å²) in [6.45, 7) is 2.67. The summed E-state index contributed by atoms with van der Waals surface area (Å²) in [5.74, 6) is 0. The molecule has 2 aliphatic heterocycles. The molecule has 0 aromatic rings. The second-order valence-corrected chi connectivity index (χ2v) is 4.01. The molecule has 0 unspecified atom stereocenters. The number of fused-ring (bicyclic) bond motifs is 1. The highest BCUT2D eigenvalue weighted by Gasteiger charge is 2.45. The highest BCUT2D eigenvalue weighted by Crippen LogP contribution is 2.41. The van der Waals surface area contributed by atoms with Gasteiger partial charge in [-0.25, -0.2) is 0 Å². The zero-order valence-corrected chi connectivity index (χ0v) is 8.10. The summed E-state index contributed by atoms with van der Waals surface area (Å²) in [5.41, 5.74) is 0.304. The molecule has 2 nitrogen and oxygen atoms in total. The summed E-state index contributed by atoms with van der Waals surface area (Å²) in [4.78, 5) is 0. The average molecular weight is 221 g/mol. The van der Waals surface area contributed by atoms with Gasteiger partial charge in [0.05, 0.1) is 12.7 Å². The minimum atomic E-state index is 0.304. The zero-order chi connectivity index (χ0) is 7.73. The van der Waals surface area contributed by atoms with E-state index in [4.69, 9.17) is 9.47 Å². The second kappa shape index (κ2) is 3.04.